The quantitative estimate of drug-likeness (QED) is 0.782. The van der Waals surface area contributed by atoms with Crippen molar-refractivity contribution in [2.24, 2.45) is 0 Å². The third-order valence-corrected chi connectivity index (χ3v) is 4.96. The second kappa shape index (κ2) is 6.05. The van der Waals surface area contributed by atoms with Crippen LogP contribution in [0, 0.1) is 0 Å². The number of sulfonamides is 1. The fraction of sp³-hybridized carbons (Fsp3) is 0.500. The van der Waals surface area contributed by atoms with E-state index in [9.17, 15) is 21.6 Å². The molecular formula is C10H11Cl2F3N2O2S. The van der Waals surface area contributed by atoms with E-state index in [-0.39, 0.29) is 10.2 Å². The lowest BCUT2D eigenvalue weighted by Crippen LogP contribution is -2.43. The molecule has 0 N–H and O–H groups in total. The third-order valence-electron chi connectivity index (χ3n) is 2.29. The Balaban J connectivity index is 3.26. The van der Waals surface area contributed by atoms with Crippen LogP contribution in [-0.2, 0) is 10.0 Å². The van der Waals surface area contributed by atoms with Crippen LogP contribution >= 0.6 is 23.2 Å². The van der Waals surface area contributed by atoms with E-state index in [1.807, 2.05) is 0 Å². The van der Waals surface area contributed by atoms with E-state index in [2.05, 4.69) is 4.98 Å². The maximum Gasteiger partial charge on any atom is 0.402 e. The van der Waals surface area contributed by atoms with Gasteiger partial charge in [0.2, 0.25) is 10.0 Å². The Labute approximate surface area is 124 Å². The molecule has 4 nitrogen and oxygen atoms in total. The molecule has 1 aromatic rings. The second-order valence-electron chi connectivity index (χ2n) is 4.20. The van der Waals surface area contributed by atoms with Gasteiger partial charge in [0.1, 0.15) is 16.6 Å². The van der Waals surface area contributed by atoms with Crippen molar-refractivity contribution >= 4 is 33.2 Å². The van der Waals surface area contributed by atoms with Gasteiger partial charge in [-0.2, -0.15) is 17.5 Å². The Morgan fingerprint density at radius 1 is 1.35 bits per heavy atom. The van der Waals surface area contributed by atoms with Crippen LogP contribution in [-0.4, -0.2) is 36.5 Å². The number of nitrogens with zero attached hydrogens (tertiary/aromatic N) is 2. The highest BCUT2D eigenvalue weighted by atomic mass is 35.5. The summed E-state index contributed by atoms with van der Waals surface area (Å²) >= 11 is 11.2. The number of hydrogen-bond donors (Lipinski definition) is 0. The number of halogens is 5. The molecule has 114 valence electrons. The minimum Gasteiger partial charge on any atom is -0.242 e. The monoisotopic (exact) mass is 350 g/mol. The molecule has 0 aromatic carbocycles. The predicted molar refractivity (Wildman–Crippen MR) is 69.3 cm³/mol. The minimum atomic E-state index is -4.65. The van der Waals surface area contributed by atoms with E-state index in [1.165, 1.54) is 13.8 Å². The largest absolute Gasteiger partial charge is 0.402 e. The lowest BCUT2D eigenvalue weighted by Gasteiger charge is -2.26. The molecule has 1 rings (SSSR count). The van der Waals surface area contributed by atoms with Gasteiger partial charge < -0.3 is 0 Å². The first-order valence-electron chi connectivity index (χ1n) is 5.35. The smallest absolute Gasteiger partial charge is 0.242 e. The number of rotatable bonds is 4. The molecule has 0 bridgehead atoms. The summed E-state index contributed by atoms with van der Waals surface area (Å²) in [7, 11) is -4.37. The van der Waals surface area contributed by atoms with E-state index < -0.39 is 33.7 Å². The number of alkyl halides is 3. The normalized spacial score (nSPS) is 13.2. The molecule has 20 heavy (non-hydrogen) atoms. The van der Waals surface area contributed by atoms with Crippen molar-refractivity contribution in [3.8, 4) is 0 Å². The zero-order chi connectivity index (χ0) is 15.7. The van der Waals surface area contributed by atoms with E-state index >= 15 is 0 Å². The molecule has 1 aromatic heterocycles. The van der Waals surface area contributed by atoms with Gasteiger partial charge in [0, 0.05) is 12.2 Å². The Hall–Kier alpha value is -0.570. The van der Waals surface area contributed by atoms with Crippen molar-refractivity contribution in [3.05, 3.63) is 22.4 Å². The zero-order valence-corrected chi connectivity index (χ0v) is 12.8. The van der Waals surface area contributed by atoms with Crippen LogP contribution in [0.3, 0.4) is 0 Å². The summed E-state index contributed by atoms with van der Waals surface area (Å²) < 4.78 is 62.2. The van der Waals surface area contributed by atoms with Crippen LogP contribution in [0.2, 0.25) is 10.2 Å². The standard InChI is InChI=1S/C10H11Cl2F3N2O2S/c1-6(2)17(5-10(13,14)15)20(18,19)7-3-8(11)9(12)16-4-7/h3-4,6H,5H2,1-2H3. The average Bonchev–Trinajstić information content (AvgIpc) is 2.28. The molecule has 0 saturated carbocycles. The molecular weight excluding hydrogens is 340 g/mol. The average molecular weight is 351 g/mol. The van der Waals surface area contributed by atoms with Gasteiger partial charge in [0.15, 0.2) is 0 Å². The molecule has 0 atom stereocenters. The number of pyridine rings is 1. The summed E-state index contributed by atoms with van der Waals surface area (Å²) in [5, 5.41) is -0.277. The fourth-order valence-corrected chi connectivity index (χ4v) is 3.33. The summed E-state index contributed by atoms with van der Waals surface area (Å²) in [6.45, 7) is 1.09. The van der Waals surface area contributed by atoms with Gasteiger partial charge in [-0.1, -0.05) is 23.2 Å². The summed E-state index contributed by atoms with van der Waals surface area (Å²) in [6.07, 6.45) is -3.78. The molecule has 0 aliphatic carbocycles. The van der Waals surface area contributed by atoms with Gasteiger partial charge >= 0.3 is 6.18 Å². The van der Waals surface area contributed by atoms with Gasteiger partial charge in [-0.3, -0.25) is 0 Å². The third kappa shape index (κ3) is 4.21. The van der Waals surface area contributed by atoms with Gasteiger partial charge in [0.05, 0.1) is 5.02 Å². The highest BCUT2D eigenvalue weighted by Gasteiger charge is 2.38. The van der Waals surface area contributed by atoms with Crippen molar-refractivity contribution < 1.29 is 21.6 Å². The van der Waals surface area contributed by atoms with E-state index in [0.717, 1.165) is 12.3 Å². The summed E-state index contributed by atoms with van der Waals surface area (Å²) in [5.41, 5.74) is 0. The van der Waals surface area contributed by atoms with E-state index in [1.54, 1.807) is 0 Å². The SMILES string of the molecule is CC(C)N(CC(F)(F)F)S(=O)(=O)c1cnc(Cl)c(Cl)c1. The van der Waals surface area contributed by atoms with Crippen LogP contribution in [0.15, 0.2) is 17.2 Å². The van der Waals surface area contributed by atoms with Crippen molar-refractivity contribution in [2.75, 3.05) is 6.54 Å². The lowest BCUT2D eigenvalue weighted by atomic mass is 10.4. The fourth-order valence-electron chi connectivity index (χ4n) is 1.40. The molecule has 0 amide bonds. The highest BCUT2D eigenvalue weighted by Crippen LogP contribution is 2.27. The summed E-state index contributed by atoms with van der Waals surface area (Å²) in [5.74, 6) is 0. The maximum atomic E-state index is 12.5. The van der Waals surface area contributed by atoms with E-state index in [4.69, 9.17) is 23.2 Å². The number of hydrogen-bond acceptors (Lipinski definition) is 3. The second-order valence-corrected chi connectivity index (χ2v) is 6.86. The molecule has 10 heteroatoms. The molecule has 0 spiro atoms. The molecule has 0 radical (unpaired) electrons. The number of aromatic nitrogens is 1. The van der Waals surface area contributed by atoms with E-state index in [0.29, 0.717) is 4.31 Å². The van der Waals surface area contributed by atoms with Crippen molar-refractivity contribution in [1.29, 1.82) is 0 Å². The molecule has 0 aliphatic heterocycles. The maximum absolute atomic E-state index is 12.5. The highest BCUT2D eigenvalue weighted by molar-refractivity contribution is 7.89. The van der Waals surface area contributed by atoms with Gasteiger partial charge in [-0.25, -0.2) is 13.4 Å². The van der Waals surface area contributed by atoms with Crippen molar-refractivity contribution in [3.63, 3.8) is 0 Å². The van der Waals surface area contributed by atoms with Crippen molar-refractivity contribution in [2.45, 2.75) is 31.0 Å². The Morgan fingerprint density at radius 3 is 2.30 bits per heavy atom. The molecule has 0 aliphatic rings. The molecule has 1 heterocycles. The topological polar surface area (TPSA) is 50.3 Å². The molecule has 0 unspecified atom stereocenters. The first-order chi connectivity index (χ1) is 8.95. The van der Waals surface area contributed by atoms with Crippen molar-refractivity contribution in [1.82, 2.24) is 9.29 Å². The van der Waals surface area contributed by atoms with Crippen LogP contribution in [0.4, 0.5) is 13.2 Å². The van der Waals surface area contributed by atoms with Crippen LogP contribution in [0.25, 0.3) is 0 Å². The molecule has 0 saturated heterocycles. The van der Waals surface area contributed by atoms with Crippen LogP contribution in [0.5, 0.6) is 0 Å². The first-order valence-corrected chi connectivity index (χ1v) is 7.54. The van der Waals surface area contributed by atoms with Crippen LogP contribution in [0.1, 0.15) is 13.8 Å². The Bertz CT molecular complexity index is 591. The van der Waals surface area contributed by atoms with Crippen LogP contribution < -0.4 is 0 Å². The summed E-state index contributed by atoms with van der Waals surface area (Å²) in [6, 6.07) is 0.0916. The lowest BCUT2D eigenvalue weighted by molar-refractivity contribution is -0.138. The van der Waals surface area contributed by atoms with Gasteiger partial charge in [0.25, 0.3) is 0 Å². The molecule has 0 fully saturated rings. The Morgan fingerprint density at radius 2 is 1.90 bits per heavy atom. The zero-order valence-electron chi connectivity index (χ0n) is 10.4. The summed E-state index contributed by atoms with van der Waals surface area (Å²) in [4.78, 5) is 3.09. The minimum absolute atomic E-state index is 0.127. The first kappa shape index (κ1) is 17.5. The van der Waals surface area contributed by atoms with Gasteiger partial charge in [-0.05, 0) is 19.9 Å². The van der Waals surface area contributed by atoms with Gasteiger partial charge in [-0.15, -0.1) is 0 Å². The predicted octanol–water partition coefficient (Wildman–Crippen LogP) is 3.35. The Kier molecular flexibility index (Phi) is 5.29.